The first-order valence-corrected chi connectivity index (χ1v) is 6.64. The fourth-order valence-electron chi connectivity index (χ4n) is 2.20. The maximum absolute atomic E-state index is 13.1. The lowest BCUT2D eigenvalue weighted by Gasteiger charge is -2.19. The van der Waals surface area contributed by atoms with Crippen LogP contribution in [0.15, 0.2) is 22.7 Å². The van der Waals surface area contributed by atoms with Gasteiger partial charge < -0.3 is 9.84 Å². The fraction of sp³-hybridized carbons (Fsp3) is 0.385. The zero-order valence-electron chi connectivity index (χ0n) is 10.2. The van der Waals surface area contributed by atoms with E-state index in [9.17, 15) is 4.39 Å². The van der Waals surface area contributed by atoms with Crippen LogP contribution in [0.3, 0.4) is 0 Å². The van der Waals surface area contributed by atoms with E-state index < -0.39 is 5.82 Å². The van der Waals surface area contributed by atoms with E-state index in [2.05, 4.69) is 15.5 Å². The van der Waals surface area contributed by atoms with Crippen LogP contribution in [-0.2, 0) is 0 Å². The Morgan fingerprint density at radius 2 is 2.26 bits per heavy atom. The molecule has 1 saturated heterocycles. The van der Waals surface area contributed by atoms with Gasteiger partial charge >= 0.3 is 0 Å². The average Bonchev–Trinajstić information content (AvgIpc) is 2.93. The molecule has 0 saturated carbocycles. The Hall–Kier alpha value is -1.46. The summed E-state index contributed by atoms with van der Waals surface area (Å²) in [5.41, 5.74) is 0.626. The Kier molecular flexibility index (Phi) is 3.48. The van der Waals surface area contributed by atoms with Crippen molar-refractivity contribution in [3.63, 3.8) is 0 Å². The van der Waals surface area contributed by atoms with Crippen molar-refractivity contribution in [2.45, 2.75) is 25.3 Å². The summed E-state index contributed by atoms with van der Waals surface area (Å²) in [5.74, 6) is 0.554. The van der Waals surface area contributed by atoms with Gasteiger partial charge in [0.05, 0.1) is 11.1 Å². The van der Waals surface area contributed by atoms with Crippen molar-refractivity contribution < 1.29 is 8.91 Å². The normalized spacial score (nSPS) is 19.6. The predicted octanol–water partition coefficient (Wildman–Crippen LogP) is 3.34. The van der Waals surface area contributed by atoms with E-state index in [1.807, 2.05) is 0 Å². The van der Waals surface area contributed by atoms with Gasteiger partial charge in [0.1, 0.15) is 5.82 Å². The standard InChI is InChI=1S/C13H13ClFN3O/c14-9-7-8(4-5-10(9)15)13-17-12(18-19-13)11-3-1-2-6-16-11/h4-5,7,11,16H,1-3,6H2. The maximum Gasteiger partial charge on any atom is 0.258 e. The molecule has 1 atom stereocenters. The van der Waals surface area contributed by atoms with Crippen molar-refractivity contribution in [3.05, 3.63) is 34.9 Å². The van der Waals surface area contributed by atoms with Crippen molar-refractivity contribution in [1.82, 2.24) is 15.5 Å². The van der Waals surface area contributed by atoms with Gasteiger partial charge in [0, 0.05) is 5.56 Å². The van der Waals surface area contributed by atoms with Gasteiger partial charge in [-0.25, -0.2) is 4.39 Å². The minimum atomic E-state index is -0.459. The van der Waals surface area contributed by atoms with Crippen molar-refractivity contribution in [2.24, 2.45) is 0 Å². The van der Waals surface area contributed by atoms with Crippen LogP contribution in [-0.4, -0.2) is 16.7 Å². The second kappa shape index (κ2) is 5.27. The summed E-state index contributed by atoms with van der Waals surface area (Å²) in [6, 6.07) is 4.50. The summed E-state index contributed by atoms with van der Waals surface area (Å²) in [5, 5.41) is 7.38. The molecule has 6 heteroatoms. The lowest BCUT2D eigenvalue weighted by molar-refractivity contribution is 0.367. The molecule has 4 nitrogen and oxygen atoms in total. The highest BCUT2D eigenvalue weighted by molar-refractivity contribution is 6.31. The summed E-state index contributed by atoms with van der Waals surface area (Å²) in [4.78, 5) is 4.35. The third-order valence-electron chi connectivity index (χ3n) is 3.23. The van der Waals surface area contributed by atoms with Crippen LogP contribution in [0.5, 0.6) is 0 Å². The third kappa shape index (κ3) is 2.62. The summed E-state index contributed by atoms with van der Waals surface area (Å²) < 4.78 is 18.3. The molecule has 2 heterocycles. The molecule has 1 aromatic heterocycles. The lowest BCUT2D eigenvalue weighted by atomic mass is 10.0. The topological polar surface area (TPSA) is 51.0 Å². The van der Waals surface area contributed by atoms with Gasteiger partial charge in [-0.3, -0.25) is 0 Å². The highest BCUT2D eigenvalue weighted by atomic mass is 35.5. The third-order valence-corrected chi connectivity index (χ3v) is 3.52. The molecule has 1 unspecified atom stereocenters. The zero-order valence-corrected chi connectivity index (χ0v) is 11.0. The molecule has 1 N–H and O–H groups in total. The number of piperidine rings is 1. The molecular weight excluding hydrogens is 269 g/mol. The second-order valence-corrected chi connectivity index (χ2v) is 5.00. The van der Waals surface area contributed by atoms with Gasteiger partial charge in [-0.1, -0.05) is 23.2 Å². The Morgan fingerprint density at radius 1 is 1.37 bits per heavy atom. The first-order chi connectivity index (χ1) is 9.24. The van der Waals surface area contributed by atoms with Crippen LogP contribution >= 0.6 is 11.6 Å². The summed E-state index contributed by atoms with van der Waals surface area (Å²) >= 11 is 5.74. The van der Waals surface area contributed by atoms with Gasteiger partial charge in [-0.05, 0) is 37.6 Å². The Bertz CT molecular complexity index is 581. The van der Waals surface area contributed by atoms with Crippen LogP contribution in [0.25, 0.3) is 11.5 Å². The number of benzene rings is 1. The van der Waals surface area contributed by atoms with E-state index in [0.717, 1.165) is 19.4 Å². The molecule has 100 valence electrons. The number of aromatic nitrogens is 2. The molecule has 1 fully saturated rings. The van der Waals surface area contributed by atoms with E-state index in [0.29, 0.717) is 17.3 Å². The molecule has 0 amide bonds. The van der Waals surface area contributed by atoms with Crippen LogP contribution in [0.2, 0.25) is 5.02 Å². The molecule has 1 aliphatic rings. The molecule has 19 heavy (non-hydrogen) atoms. The highest BCUT2D eigenvalue weighted by Gasteiger charge is 2.21. The Balaban J connectivity index is 1.85. The number of nitrogens with one attached hydrogen (secondary N) is 1. The van der Waals surface area contributed by atoms with Crippen LogP contribution in [0, 0.1) is 5.82 Å². The molecular formula is C13H13ClFN3O. The fourth-order valence-corrected chi connectivity index (χ4v) is 2.38. The lowest BCUT2D eigenvalue weighted by Crippen LogP contribution is -2.27. The average molecular weight is 282 g/mol. The van der Waals surface area contributed by atoms with Crippen molar-refractivity contribution in [1.29, 1.82) is 0 Å². The van der Waals surface area contributed by atoms with E-state index in [4.69, 9.17) is 16.1 Å². The minimum absolute atomic E-state index is 0.0491. The van der Waals surface area contributed by atoms with Gasteiger partial charge in [0.25, 0.3) is 5.89 Å². The Morgan fingerprint density at radius 3 is 3.00 bits per heavy atom. The predicted molar refractivity (Wildman–Crippen MR) is 69.3 cm³/mol. The number of hydrogen-bond donors (Lipinski definition) is 1. The minimum Gasteiger partial charge on any atom is -0.334 e. The van der Waals surface area contributed by atoms with E-state index in [1.165, 1.54) is 18.6 Å². The largest absolute Gasteiger partial charge is 0.334 e. The Labute approximate surface area is 115 Å². The van der Waals surface area contributed by atoms with Gasteiger partial charge in [-0.15, -0.1) is 0 Å². The SMILES string of the molecule is Fc1ccc(-c2nc(C3CCCCN3)no2)cc1Cl. The molecule has 3 rings (SSSR count). The van der Waals surface area contributed by atoms with Crippen LogP contribution in [0.1, 0.15) is 31.1 Å². The van der Waals surface area contributed by atoms with Crippen LogP contribution in [0.4, 0.5) is 4.39 Å². The van der Waals surface area contributed by atoms with Crippen molar-refractivity contribution >= 4 is 11.6 Å². The monoisotopic (exact) mass is 281 g/mol. The first-order valence-electron chi connectivity index (χ1n) is 6.26. The van der Waals surface area contributed by atoms with Crippen LogP contribution < -0.4 is 5.32 Å². The van der Waals surface area contributed by atoms with Gasteiger partial charge in [0.15, 0.2) is 5.82 Å². The molecule has 0 aliphatic carbocycles. The first kappa shape index (κ1) is 12.6. The zero-order chi connectivity index (χ0) is 13.2. The molecule has 0 radical (unpaired) electrons. The maximum atomic E-state index is 13.1. The molecule has 2 aromatic rings. The van der Waals surface area contributed by atoms with E-state index in [1.54, 1.807) is 6.07 Å². The highest BCUT2D eigenvalue weighted by Crippen LogP contribution is 2.26. The molecule has 1 aromatic carbocycles. The summed E-state index contributed by atoms with van der Waals surface area (Å²) in [6.45, 7) is 0.969. The summed E-state index contributed by atoms with van der Waals surface area (Å²) in [6.07, 6.45) is 3.34. The smallest absolute Gasteiger partial charge is 0.258 e. The molecule has 1 aliphatic heterocycles. The molecule has 0 spiro atoms. The van der Waals surface area contributed by atoms with Crippen molar-refractivity contribution in [2.75, 3.05) is 6.54 Å². The van der Waals surface area contributed by atoms with E-state index in [-0.39, 0.29) is 11.1 Å². The van der Waals surface area contributed by atoms with Crippen molar-refractivity contribution in [3.8, 4) is 11.5 Å². The summed E-state index contributed by atoms with van der Waals surface area (Å²) in [7, 11) is 0. The molecule has 0 bridgehead atoms. The quantitative estimate of drug-likeness (QED) is 0.917. The number of hydrogen-bond acceptors (Lipinski definition) is 4. The van der Waals surface area contributed by atoms with Gasteiger partial charge in [0.2, 0.25) is 0 Å². The number of nitrogens with zero attached hydrogens (tertiary/aromatic N) is 2. The van der Waals surface area contributed by atoms with E-state index >= 15 is 0 Å². The number of rotatable bonds is 2. The van der Waals surface area contributed by atoms with Gasteiger partial charge in [-0.2, -0.15) is 4.98 Å². The second-order valence-electron chi connectivity index (χ2n) is 4.59. The number of halogens is 2.